The highest BCUT2D eigenvalue weighted by molar-refractivity contribution is 5.90. The lowest BCUT2D eigenvalue weighted by Gasteiger charge is -2.33. The molecule has 0 aromatic heterocycles. The quantitative estimate of drug-likeness (QED) is 0.861. The molecule has 1 aromatic carbocycles. The first-order valence-corrected chi connectivity index (χ1v) is 10.0. The second kappa shape index (κ2) is 9.38. The summed E-state index contributed by atoms with van der Waals surface area (Å²) in [6.45, 7) is 2.35. The number of methoxy groups -OCH3 is 1. The average Bonchev–Trinajstić information content (AvgIpc) is 2.70. The van der Waals surface area contributed by atoms with Gasteiger partial charge in [-0.15, -0.1) is 0 Å². The van der Waals surface area contributed by atoms with Crippen LogP contribution in [0.2, 0.25) is 0 Å². The zero-order valence-electron chi connectivity index (χ0n) is 16.2. The summed E-state index contributed by atoms with van der Waals surface area (Å²) in [4.78, 5) is 17.0. The number of likely N-dealkylation sites (tertiary alicyclic amines) is 1. The van der Waals surface area contributed by atoms with Crippen molar-refractivity contribution in [2.24, 2.45) is 0 Å². The van der Waals surface area contributed by atoms with Gasteiger partial charge in [-0.05, 0) is 44.4 Å². The van der Waals surface area contributed by atoms with Crippen LogP contribution in [-0.2, 0) is 11.3 Å². The van der Waals surface area contributed by atoms with E-state index in [0.717, 1.165) is 31.6 Å². The van der Waals surface area contributed by atoms with Gasteiger partial charge in [0.05, 0.1) is 6.10 Å². The Morgan fingerprint density at radius 3 is 2.73 bits per heavy atom. The van der Waals surface area contributed by atoms with Crippen LogP contribution in [0.1, 0.15) is 50.5 Å². The lowest BCUT2D eigenvalue weighted by atomic mass is 9.94. The summed E-state index contributed by atoms with van der Waals surface area (Å²) < 4.78 is 5.44. The second-order valence-corrected chi connectivity index (χ2v) is 7.74. The molecule has 1 saturated carbocycles. The molecule has 5 nitrogen and oxygen atoms in total. The Labute approximate surface area is 157 Å². The highest BCUT2D eigenvalue weighted by Crippen LogP contribution is 2.25. The minimum Gasteiger partial charge on any atom is -0.380 e. The van der Waals surface area contributed by atoms with E-state index in [-0.39, 0.29) is 12.1 Å². The minimum absolute atomic E-state index is 0.0143. The van der Waals surface area contributed by atoms with Gasteiger partial charge in [-0.25, -0.2) is 4.79 Å². The Kier molecular flexibility index (Phi) is 6.92. The molecule has 1 aliphatic heterocycles. The van der Waals surface area contributed by atoms with Gasteiger partial charge in [-0.2, -0.15) is 0 Å². The predicted molar refractivity (Wildman–Crippen MR) is 105 cm³/mol. The number of piperidine rings is 1. The van der Waals surface area contributed by atoms with Gasteiger partial charge in [-0.3, -0.25) is 4.90 Å². The van der Waals surface area contributed by atoms with Gasteiger partial charge in [0.2, 0.25) is 0 Å². The van der Waals surface area contributed by atoms with E-state index >= 15 is 0 Å². The summed E-state index contributed by atoms with van der Waals surface area (Å²) >= 11 is 0. The zero-order valence-corrected chi connectivity index (χ0v) is 16.2. The normalized spacial score (nSPS) is 21.8. The number of hydrogen-bond acceptors (Lipinski definition) is 3. The summed E-state index contributed by atoms with van der Waals surface area (Å²) in [6, 6.07) is 8.84. The molecule has 2 aliphatic rings. The van der Waals surface area contributed by atoms with Gasteiger partial charge in [-0.1, -0.05) is 37.5 Å². The Bertz CT molecular complexity index is 586. The number of carbonyl (C=O) groups excluding carboxylic acids is 1. The van der Waals surface area contributed by atoms with Gasteiger partial charge in [0.1, 0.15) is 0 Å². The van der Waals surface area contributed by atoms with Crippen LogP contribution in [0.3, 0.4) is 0 Å². The van der Waals surface area contributed by atoms with Crippen LogP contribution in [0.4, 0.5) is 10.5 Å². The van der Waals surface area contributed by atoms with Crippen molar-refractivity contribution in [1.29, 1.82) is 0 Å². The van der Waals surface area contributed by atoms with Crippen molar-refractivity contribution in [3.63, 3.8) is 0 Å². The number of ether oxygens (including phenoxy) is 1. The minimum atomic E-state index is -0.0143. The second-order valence-electron chi connectivity index (χ2n) is 7.74. The number of para-hydroxylation sites is 1. The maximum Gasteiger partial charge on any atom is 0.321 e. The Hall–Kier alpha value is -1.59. The number of benzene rings is 1. The summed E-state index contributed by atoms with van der Waals surface area (Å²) in [7, 11) is 3.94. The molecule has 2 fully saturated rings. The highest BCUT2D eigenvalue weighted by atomic mass is 16.5. The van der Waals surface area contributed by atoms with Gasteiger partial charge >= 0.3 is 6.03 Å². The van der Waals surface area contributed by atoms with Crippen LogP contribution < -0.4 is 5.32 Å². The molecule has 0 bridgehead atoms. The molecule has 0 radical (unpaired) electrons. The van der Waals surface area contributed by atoms with Crippen molar-refractivity contribution in [3.8, 4) is 0 Å². The molecule has 5 heteroatoms. The maximum absolute atomic E-state index is 12.7. The first-order valence-electron chi connectivity index (χ1n) is 10.0. The lowest BCUT2D eigenvalue weighted by Crippen LogP contribution is -2.45. The van der Waals surface area contributed by atoms with Crippen molar-refractivity contribution < 1.29 is 9.53 Å². The molecule has 1 N–H and O–H groups in total. The van der Waals surface area contributed by atoms with Crippen molar-refractivity contribution in [3.05, 3.63) is 29.8 Å². The molecule has 0 unspecified atom stereocenters. The molecular weight excluding hydrogens is 326 g/mol. The van der Waals surface area contributed by atoms with Crippen molar-refractivity contribution in [1.82, 2.24) is 9.80 Å². The van der Waals surface area contributed by atoms with E-state index in [1.54, 1.807) is 7.11 Å². The molecule has 1 aromatic rings. The molecule has 0 spiro atoms. The van der Waals surface area contributed by atoms with Crippen LogP contribution >= 0.6 is 0 Å². The first kappa shape index (κ1) is 19.2. The number of carbonyl (C=O) groups is 1. The van der Waals surface area contributed by atoms with Crippen molar-refractivity contribution in [2.75, 3.05) is 32.6 Å². The predicted octanol–water partition coefficient (Wildman–Crippen LogP) is 4.09. The monoisotopic (exact) mass is 359 g/mol. The standard InChI is InChI=1S/C21H33N3O2/c1-23(18-10-4-3-5-11-18)15-17-9-6-7-13-20(17)22-21(25)24-14-8-12-19(16-24)26-2/h6-7,9,13,18-19H,3-5,8,10-12,14-16H2,1-2H3,(H,22,25)/t19-/m0/s1. The molecule has 1 heterocycles. The van der Waals surface area contributed by atoms with E-state index in [2.05, 4.69) is 29.4 Å². The number of nitrogens with one attached hydrogen (secondary N) is 1. The van der Waals surface area contributed by atoms with Crippen LogP contribution in [0.25, 0.3) is 0 Å². The van der Waals surface area contributed by atoms with Gasteiger partial charge in [0.15, 0.2) is 0 Å². The molecule has 1 aliphatic carbocycles. The summed E-state index contributed by atoms with van der Waals surface area (Å²) in [5.74, 6) is 0. The van der Waals surface area contributed by atoms with E-state index in [1.165, 1.54) is 37.7 Å². The smallest absolute Gasteiger partial charge is 0.321 e. The lowest BCUT2D eigenvalue weighted by molar-refractivity contribution is 0.0458. The van der Waals surface area contributed by atoms with E-state index in [1.807, 2.05) is 17.0 Å². The number of amides is 2. The molecule has 3 rings (SSSR count). The van der Waals surface area contributed by atoms with Gasteiger partial charge < -0.3 is 15.0 Å². The third-order valence-corrected chi connectivity index (χ3v) is 5.88. The van der Waals surface area contributed by atoms with E-state index in [9.17, 15) is 4.79 Å². The van der Waals surface area contributed by atoms with Gasteiger partial charge in [0.25, 0.3) is 0 Å². The summed E-state index contributed by atoms with van der Waals surface area (Å²) in [6.07, 6.45) is 8.80. The summed E-state index contributed by atoms with van der Waals surface area (Å²) in [5.41, 5.74) is 2.12. The molecule has 1 saturated heterocycles. The maximum atomic E-state index is 12.7. The fourth-order valence-electron chi connectivity index (χ4n) is 4.21. The third kappa shape index (κ3) is 4.98. The fraction of sp³-hybridized carbons (Fsp3) is 0.667. The Balaban J connectivity index is 1.62. The first-order chi connectivity index (χ1) is 12.7. The molecule has 26 heavy (non-hydrogen) atoms. The Morgan fingerprint density at radius 2 is 1.96 bits per heavy atom. The van der Waals surface area contributed by atoms with Crippen LogP contribution in [0, 0.1) is 0 Å². The molecule has 1 atom stereocenters. The number of nitrogens with zero attached hydrogens (tertiary/aromatic N) is 2. The molecule has 2 amide bonds. The highest BCUT2D eigenvalue weighted by Gasteiger charge is 2.24. The number of urea groups is 1. The average molecular weight is 360 g/mol. The van der Waals surface area contributed by atoms with Crippen LogP contribution in [0.5, 0.6) is 0 Å². The van der Waals surface area contributed by atoms with E-state index < -0.39 is 0 Å². The van der Waals surface area contributed by atoms with E-state index in [0.29, 0.717) is 12.6 Å². The Morgan fingerprint density at radius 1 is 1.19 bits per heavy atom. The SMILES string of the molecule is CO[C@H]1CCCN(C(=O)Nc2ccccc2CN(C)C2CCCCC2)C1. The van der Waals surface area contributed by atoms with Crippen molar-refractivity contribution in [2.45, 2.75) is 63.6 Å². The van der Waals surface area contributed by atoms with E-state index in [4.69, 9.17) is 4.74 Å². The van der Waals surface area contributed by atoms with Crippen LogP contribution in [-0.4, -0.2) is 55.2 Å². The number of hydrogen-bond donors (Lipinski definition) is 1. The number of rotatable bonds is 5. The molecule has 144 valence electrons. The number of anilines is 1. The molecular formula is C21H33N3O2. The fourth-order valence-corrected chi connectivity index (χ4v) is 4.21. The third-order valence-electron chi connectivity index (χ3n) is 5.88. The van der Waals surface area contributed by atoms with Crippen LogP contribution in [0.15, 0.2) is 24.3 Å². The largest absolute Gasteiger partial charge is 0.380 e. The summed E-state index contributed by atoms with van der Waals surface area (Å²) in [5, 5.41) is 3.14. The zero-order chi connectivity index (χ0) is 18.4. The van der Waals surface area contributed by atoms with Crippen molar-refractivity contribution >= 4 is 11.7 Å². The van der Waals surface area contributed by atoms with Gasteiger partial charge in [0, 0.05) is 38.5 Å². The topological polar surface area (TPSA) is 44.8 Å².